The molecule has 0 aliphatic carbocycles. The molecule has 0 saturated carbocycles. The number of amides is 1. The molecule has 1 fully saturated rings. The van der Waals surface area contributed by atoms with Crippen molar-refractivity contribution in [2.24, 2.45) is 0 Å². The molecule has 3 aromatic rings. The minimum atomic E-state index is -0.247. The van der Waals surface area contributed by atoms with Gasteiger partial charge < -0.3 is 15.1 Å². The van der Waals surface area contributed by atoms with Gasteiger partial charge in [0.1, 0.15) is 11.3 Å². The molecule has 1 aliphatic heterocycles. The number of aromatic nitrogens is 3. The molecule has 0 bridgehead atoms. The van der Waals surface area contributed by atoms with Crippen molar-refractivity contribution in [2.75, 3.05) is 32.7 Å². The maximum Gasteiger partial charge on any atom is 0.273 e. The Bertz CT molecular complexity index is 925. The second kappa shape index (κ2) is 7.89. The first-order chi connectivity index (χ1) is 13.2. The molecule has 0 radical (unpaired) electrons. The number of aryl methyl sites for hydroxylation is 1. The van der Waals surface area contributed by atoms with Crippen LogP contribution < -0.4 is 10.6 Å². The molecule has 8 heteroatoms. The van der Waals surface area contributed by atoms with Gasteiger partial charge in [0, 0.05) is 43.7 Å². The quantitative estimate of drug-likeness (QED) is 0.679. The van der Waals surface area contributed by atoms with E-state index < -0.39 is 0 Å². The lowest BCUT2D eigenvalue weighted by Crippen LogP contribution is -2.44. The van der Waals surface area contributed by atoms with Crippen LogP contribution in [-0.4, -0.2) is 58.5 Å². The number of carbonyl (C=O) groups is 1. The van der Waals surface area contributed by atoms with Gasteiger partial charge in [-0.25, -0.2) is 0 Å². The number of nitrogens with one attached hydrogen (secondary N) is 2. The standard InChI is InChI=1S/C19H24N6O2/c1-14-15-4-2-3-5-17(15)27-18(14)12-21-19(26)16-13-25(23-22-16)11-10-24-8-6-20-7-9-24/h2-5,13,20H,6-12H2,1H3,(H,21,26). The van der Waals surface area contributed by atoms with Crippen molar-refractivity contribution < 1.29 is 9.21 Å². The minimum Gasteiger partial charge on any atom is -0.459 e. The van der Waals surface area contributed by atoms with Gasteiger partial charge in [0.15, 0.2) is 5.69 Å². The smallest absolute Gasteiger partial charge is 0.273 e. The van der Waals surface area contributed by atoms with Crippen LogP contribution in [-0.2, 0) is 13.1 Å². The number of fused-ring (bicyclic) bond motifs is 1. The molecular formula is C19H24N6O2. The number of piperazine rings is 1. The molecule has 4 rings (SSSR count). The van der Waals surface area contributed by atoms with Crippen molar-refractivity contribution in [1.29, 1.82) is 0 Å². The summed E-state index contributed by atoms with van der Waals surface area (Å²) in [5, 5.41) is 15.3. The summed E-state index contributed by atoms with van der Waals surface area (Å²) in [6, 6.07) is 7.86. The first-order valence-corrected chi connectivity index (χ1v) is 9.29. The molecule has 27 heavy (non-hydrogen) atoms. The highest BCUT2D eigenvalue weighted by molar-refractivity contribution is 5.92. The average molecular weight is 368 g/mol. The largest absolute Gasteiger partial charge is 0.459 e. The highest BCUT2D eigenvalue weighted by Gasteiger charge is 2.15. The Balaban J connectivity index is 1.33. The second-order valence-electron chi connectivity index (χ2n) is 6.79. The van der Waals surface area contributed by atoms with Crippen LogP contribution >= 0.6 is 0 Å². The molecule has 0 spiro atoms. The number of rotatable bonds is 6. The van der Waals surface area contributed by atoms with E-state index in [9.17, 15) is 4.79 Å². The SMILES string of the molecule is Cc1c(CNC(=O)c2cn(CCN3CCNCC3)nn2)oc2ccccc12. The van der Waals surface area contributed by atoms with Crippen LogP contribution in [0.25, 0.3) is 11.0 Å². The maximum absolute atomic E-state index is 12.4. The Morgan fingerprint density at radius 2 is 2.07 bits per heavy atom. The van der Waals surface area contributed by atoms with Gasteiger partial charge in [0.2, 0.25) is 0 Å². The van der Waals surface area contributed by atoms with Crippen molar-refractivity contribution in [3.8, 4) is 0 Å². The lowest BCUT2D eigenvalue weighted by atomic mass is 10.1. The summed E-state index contributed by atoms with van der Waals surface area (Å²) < 4.78 is 7.56. The predicted molar refractivity (Wildman–Crippen MR) is 101 cm³/mol. The molecule has 1 aliphatic rings. The number of carbonyl (C=O) groups excluding carboxylic acids is 1. The lowest BCUT2D eigenvalue weighted by molar-refractivity contribution is 0.0943. The summed E-state index contributed by atoms with van der Waals surface area (Å²) in [6.07, 6.45) is 1.70. The number of hydrogen-bond acceptors (Lipinski definition) is 6. The molecule has 2 N–H and O–H groups in total. The molecule has 2 aromatic heterocycles. The Hall–Kier alpha value is -2.71. The summed E-state index contributed by atoms with van der Waals surface area (Å²) in [5.74, 6) is 0.513. The summed E-state index contributed by atoms with van der Waals surface area (Å²) >= 11 is 0. The molecule has 142 valence electrons. The number of nitrogens with zero attached hydrogens (tertiary/aromatic N) is 4. The van der Waals surface area contributed by atoms with Crippen molar-refractivity contribution >= 4 is 16.9 Å². The summed E-state index contributed by atoms with van der Waals surface area (Å²) in [6.45, 7) is 8.08. The van der Waals surface area contributed by atoms with Crippen LogP contribution in [0.2, 0.25) is 0 Å². The van der Waals surface area contributed by atoms with Crippen molar-refractivity contribution in [3.05, 3.63) is 47.5 Å². The normalized spacial score (nSPS) is 15.3. The Morgan fingerprint density at radius 3 is 2.89 bits per heavy atom. The van der Waals surface area contributed by atoms with Crippen LogP contribution in [0.4, 0.5) is 0 Å². The molecule has 1 aromatic carbocycles. The van der Waals surface area contributed by atoms with Crippen LogP contribution in [0.1, 0.15) is 21.8 Å². The van der Waals surface area contributed by atoms with Crippen LogP contribution in [0, 0.1) is 6.92 Å². The molecule has 1 saturated heterocycles. The van der Waals surface area contributed by atoms with Crippen LogP contribution in [0.3, 0.4) is 0 Å². The predicted octanol–water partition coefficient (Wildman–Crippen LogP) is 1.17. The van der Waals surface area contributed by atoms with E-state index in [1.54, 1.807) is 10.9 Å². The molecule has 8 nitrogen and oxygen atoms in total. The first kappa shape index (κ1) is 17.7. The Morgan fingerprint density at radius 1 is 1.26 bits per heavy atom. The van der Waals surface area contributed by atoms with Gasteiger partial charge in [-0.3, -0.25) is 14.4 Å². The highest BCUT2D eigenvalue weighted by Crippen LogP contribution is 2.24. The third-order valence-corrected chi connectivity index (χ3v) is 4.98. The van der Waals surface area contributed by atoms with Crippen molar-refractivity contribution in [3.63, 3.8) is 0 Å². The fraction of sp³-hybridized carbons (Fsp3) is 0.421. The second-order valence-corrected chi connectivity index (χ2v) is 6.79. The molecule has 1 amide bonds. The fourth-order valence-corrected chi connectivity index (χ4v) is 3.34. The third kappa shape index (κ3) is 4.01. The van der Waals surface area contributed by atoms with Crippen molar-refractivity contribution in [1.82, 2.24) is 30.5 Å². The zero-order valence-electron chi connectivity index (χ0n) is 15.4. The Kier molecular flexibility index (Phi) is 5.17. The van der Waals surface area contributed by atoms with Gasteiger partial charge in [-0.15, -0.1) is 5.10 Å². The summed E-state index contributed by atoms with van der Waals surface area (Å²) in [7, 11) is 0. The average Bonchev–Trinajstić information content (AvgIpc) is 3.31. The molecule has 3 heterocycles. The maximum atomic E-state index is 12.4. The summed E-state index contributed by atoms with van der Waals surface area (Å²) in [5.41, 5.74) is 2.20. The monoisotopic (exact) mass is 368 g/mol. The van der Waals surface area contributed by atoms with Crippen molar-refractivity contribution in [2.45, 2.75) is 20.0 Å². The number of benzene rings is 1. The Labute approximate surface area is 157 Å². The van der Waals surface area contributed by atoms with E-state index in [0.29, 0.717) is 12.2 Å². The van der Waals surface area contributed by atoms with E-state index in [-0.39, 0.29) is 5.91 Å². The van der Waals surface area contributed by atoms with Gasteiger partial charge in [-0.05, 0) is 13.0 Å². The van der Waals surface area contributed by atoms with Crippen LogP contribution in [0.5, 0.6) is 0 Å². The minimum absolute atomic E-state index is 0.247. The third-order valence-electron chi connectivity index (χ3n) is 4.98. The van der Waals surface area contributed by atoms with Crippen LogP contribution in [0.15, 0.2) is 34.9 Å². The van der Waals surface area contributed by atoms with Gasteiger partial charge in [-0.2, -0.15) is 0 Å². The summed E-state index contributed by atoms with van der Waals surface area (Å²) in [4.78, 5) is 14.8. The lowest BCUT2D eigenvalue weighted by Gasteiger charge is -2.26. The van der Waals surface area contributed by atoms with E-state index in [2.05, 4.69) is 25.8 Å². The molecule has 0 atom stereocenters. The van der Waals surface area contributed by atoms with E-state index in [1.165, 1.54) is 0 Å². The van der Waals surface area contributed by atoms with E-state index in [0.717, 1.165) is 61.6 Å². The number of hydrogen-bond donors (Lipinski definition) is 2. The molecule has 0 unspecified atom stereocenters. The zero-order valence-corrected chi connectivity index (χ0v) is 15.4. The van der Waals surface area contributed by atoms with Gasteiger partial charge >= 0.3 is 0 Å². The fourth-order valence-electron chi connectivity index (χ4n) is 3.34. The van der Waals surface area contributed by atoms with Gasteiger partial charge in [0.05, 0.1) is 19.3 Å². The van der Waals surface area contributed by atoms with E-state index in [4.69, 9.17) is 4.42 Å². The van der Waals surface area contributed by atoms with Gasteiger partial charge in [-0.1, -0.05) is 23.4 Å². The number of para-hydroxylation sites is 1. The van der Waals surface area contributed by atoms with E-state index >= 15 is 0 Å². The molecular weight excluding hydrogens is 344 g/mol. The highest BCUT2D eigenvalue weighted by atomic mass is 16.3. The zero-order chi connectivity index (χ0) is 18.6. The van der Waals surface area contributed by atoms with Gasteiger partial charge in [0.25, 0.3) is 5.91 Å². The number of furan rings is 1. The van der Waals surface area contributed by atoms with E-state index in [1.807, 2.05) is 31.2 Å². The first-order valence-electron chi connectivity index (χ1n) is 9.29. The topological polar surface area (TPSA) is 88.2 Å².